The third-order valence-electron chi connectivity index (χ3n) is 4.26. The van der Waals surface area contributed by atoms with Gasteiger partial charge in [0.25, 0.3) is 5.91 Å². The first-order chi connectivity index (χ1) is 14.3. The number of fused-ring (bicyclic) bond motifs is 1. The average molecular weight is 454 g/mol. The Kier molecular flexibility index (Phi) is 6.84. The fourth-order valence-corrected chi connectivity index (χ4v) is 4.08. The van der Waals surface area contributed by atoms with Crippen LogP contribution >= 0.6 is 11.6 Å². The lowest BCUT2D eigenvalue weighted by Gasteiger charge is -2.18. The lowest BCUT2D eigenvalue weighted by atomic mass is 10.3. The van der Waals surface area contributed by atoms with Gasteiger partial charge in [0, 0.05) is 6.07 Å². The topological polar surface area (TPSA) is 108 Å². The smallest absolute Gasteiger partial charge is 0.307 e. The highest BCUT2D eigenvalue weighted by molar-refractivity contribution is 7.91. The van der Waals surface area contributed by atoms with Crippen LogP contribution in [0.1, 0.15) is 13.3 Å². The number of hydrogen-bond donors (Lipinski definition) is 1. The fourth-order valence-electron chi connectivity index (χ4n) is 2.66. The molecule has 1 aliphatic rings. The number of para-hydroxylation sites is 1. The number of sulfone groups is 1. The van der Waals surface area contributed by atoms with Crippen LogP contribution in [0.4, 0.5) is 5.69 Å². The first-order valence-electron chi connectivity index (χ1n) is 9.13. The minimum Gasteiger partial charge on any atom is -0.486 e. The number of benzene rings is 2. The minimum absolute atomic E-state index is 0.0176. The van der Waals surface area contributed by atoms with E-state index in [0.717, 1.165) is 0 Å². The number of carbonyl (C=O) groups is 2. The van der Waals surface area contributed by atoms with Crippen molar-refractivity contribution >= 4 is 39.0 Å². The molecule has 0 aliphatic carbocycles. The zero-order valence-corrected chi connectivity index (χ0v) is 17.7. The molecule has 0 saturated carbocycles. The second-order valence-electron chi connectivity index (χ2n) is 6.48. The Hall–Kier alpha value is -2.78. The van der Waals surface area contributed by atoms with Crippen LogP contribution in [0.5, 0.6) is 11.5 Å². The molecule has 0 radical (unpaired) electrons. The molecule has 8 nitrogen and oxygen atoms in total. The summed E-state index contributed by atoms with van der Waals surface area (Å²) in [6.07, 6.45) is -1.52. The highest BCUT2D eigenvalue weighted by Gasteiger charge is 2.23. The van der Waals surface area contributed by atoms with Crippen molar-refractivity contribution in [2.45, 2.75) is 24.3 Å². The van der Waals surface area contributed by atoms with Gasteiger partial charge in [0.1, 0.15) is 13.2 Å². The van der Waals surface area contributed by atoms with Crippen LogP contribution in [0.2, 0.25) is 5.02 Å². The van der Waals surface area contributed by atoms with E-state index in [0.29, 0.717) is 35.4 Å². The van der Waals surface area contributed by atoms with Gasteiger partial charge in [-0.05, 0) is 31.2 Å². The molecule has 1 aliphatic heterocycles. The first-order valence-corrected chi connectivity index (χ1v) is 11.2. The molecule has 3 rings (SSSR count). The van der Waals surface area contributed by atoms with E-state index in [9.17, 15) is 18.0 Å². The molecule has 2 aromatic rings. The third kappa shape index (κ3) is 5.43. The highest BCUT2D eigenvalue weighted by atomic mass is 35.5. The SMILES string of the molecule is CC(OC(=O)CCS(=O)(=O)c1ccc2c(c1)OCCO2)C(=O)Nc1ccccc1Cl. The maximum absolute atomic E-state index is 12.5. The summed E-state index contributed by atoms with van der Waals surface area (Å²) >= 11 is 5.98. The molecule has 10 heteroatoms. The first kappa shape index (κ1) is 21.9. The van der Waals surface area contributed by atoms with Gasteiger partial charge in [0.05, 0.1) is 27.8 Å². The van der Waals surface area contributed by atoms with Crippen LogP contribution in [0.3, 0.4) is 0 Å². The van der Waals surface area contributed by atoms with Crippen molar-refractivity contribution in [3.63, 3.8) is 0 Å². The van der Waals surface area contributed by atoms with Gasteiger partial charge < -0.3 is 19.5 Å². The van der Waals surface area contributed by atoms with E-state index in [-0.39, 0.29) is 4.90 Å². The average Bonchev–Trinajstić information content (AvgIpc) is 2.73. The Morgan fingerprint density at radius 2 is 1.83 bits per heavy atom. The summed E-state index contributed by atoms with van der Waals surface area (Å²) in [5, 5.41) is 2.89. The fraction of sp³-hybridized carbons (Fsp3) is 0.300. The Morgan fingerprint density at radius 1 is 1.13 bits per heavy atom. The number of esters is 1. The van der Waals surface area contributed by atoms with Crippen LogP contribution in [0.25, 0.3) is 0 Å². The lowest BCUT2D eigenvalue weighted by Crippen LogP contribution is -2.30. The van der Waals surface area contributed by atoms with E-state index >= 15 is 0 Å². The van der Waals surface area contributed by atoms with Gasteiger partial charge in [-0.3, -0.25) is 9.59 Å². The van der Waals surface area contributed by atoms with Gasteiger partial charge in [-0.25, -0.2) is 8.42 Å². The van der Waals surface area contributed by atoms with Crippen molar-refractivity contribution in [3.05, 3.63) is 47.5 Å². The van der Waals surface area contributed by atoms with E-state index in [1.54, 1.807) is 24.3 Å². The van der Waals surface area contributed by atoms with Crippen LogP contribution in [-0.2, 0) is 24.2 Å². The summed E-state index contributed by atoms with van der Waals surface area (Å²) in [7, 11) is -3.75. The molecule has 0 fully saturated rings. The summed E-state index contributed by atoms with van der Waals surface area (Å²) < 4.78 is 40.8. The van der Waals surface area contributed by atoms with E-state index in [1.807, 2.05) is 0 Å². The molecule has 160 valence electrons. The molecule has 30 heavy (non-hydrogen) atoms. The molecule has 0 spiro atoms. The predicted molar refractivity (Wildman–Crippen MR) is 110 cm³/mol. The second kappa shape index (κ2) is 9.36. The number of nitrogens with one attached hydrogen (secondary N) is 1. The zero-order chi connectivity index (χ0) is 21.7. The number of hydrogen-bond acceptors (Lipinski definition) is 7. The quantitative estimate of drug-likeness (QED) is 0.642. The number of anilines is 1. The predicted octanol–water partition coefficient (Wildman–Crippen LogP) is 2.85. The molecule has 0 aromatic heterocycles. The number of rotatable bonds is 7. The monoisotopic (exact) mass is 453 g/mol. The standard InChI is InChI=1S/C20H20ClNO7S/c1-13(20(24)22-16-5-3-2-4-15(16)21)29-19(23)8-11-30(25,26)14-6-7-17-18(12-14)28-10-9-27-17/h2-7,12-13H,8-11H2,1H3,(H,22,24). The van der Waals surface area contributed by atoms with Gasteiger partial charge in [0.2, 0.25) is 0 Å². The summed E-state index contributed by atoms with van der Waals surface area (Å²) in [6.45, 7) is 2.11. The van der Waals surface area contributed by atoms with Crippen LogP contribution in [0, 0.1) is 0 Å². The molecule has 2 aromatic carbocycles. The Morgan fingerprint density at radius 3 is 2.57 bits per heavy atom. The van der Waals surface area contributed by atoms with Crippen molar-refractivity contribution in [3.8, 4) is 11.5 Å². The van der Waals surface area contributed by atoms with Crippen molar-refractivity contribution in [1.29, 1.82) is 0 Å². The number of carbonyl (C=O) groups excluding carboxylic acids is 2. The zero-order valence-electron chi connectivity index (χ0n) is 16.1. The maximum Gasteiger partial charge on any atom is 0.307 e. The minimum atomic E-state index is -3.75. The van der Waals surface area contributed by atoms with Gasteiger partial charge in [0.15, 0.2) is 27.4 Å². The maximum atomic E-state index is 12.5. The van der Waals surface area contributed by atoms with Gasteiger partial charge in [-0.2, -0.15) is 0 Å². The molecule has 1 amide bonds. The van der Waals surface area contributed by atoms with Crippen LogP contribution in [0.15, 0.2) is 47.4 Å². The number of ether oxygens (including phenoxy) is 3. The summed E-state index contributed by atoms with van der Waals surface area (Å²) in [5.41, 5.74) is 0.383. The van der Waals surface area contributed by atoms with Gasteiger partial charge >= 0.3 is 5.97 Å². The second-order valence-corrected chi connectivity index (χ2v) is 8.99. The van der Waals surface area contributed by atoms with Crippen molar-refractivity contribution in [1.82, 2.24) is 0 Å². The molecule has 1 heterocycles. The summed E-state index contributed by atoms with van der Waals surface area (Å²) in [6, 6.07) is 10.9. The summed E-state index contributed by atoms with van der Waals surface area (Å²) in [4.78, 5) is 24.2. The molecule has 1 N–H and O–H groups in total. The van der Waals surface area contributed by atoms with Crippen molar-refractivity contribution < 1.29 is 32.2 Å². The van der Waals surface area contributed by atoms with Crippen molar-refractivity contribution in [2.24, 2.45) is 0 Å². The molecular weight excluding hydrogens is 434 g/mol. The molecule has 0 bridgehead atoms. The molecular formula is C20H20ClNO7S. The van der Waals surface area contributed by atoms with Gasteiger partial charge in [-0.15, -0.1) is 0 Å². The Balaban J connectivity index is 1.54. The lowest BCUT2D eigenvalue weighted by molar-refractivity contribution is -0.152. The van der Waals surface area contributed by atoms with E-state index in [2.05, 4.69) is 5.32 Å². The summed E-state index contributed by atoms with van der Waals surface area (Å²) in [5.74, 6) is -1.04. The van der Waals surface area contributed by atoms with E-state index in [4.69, 9.17) is 25.8 Å². The number of halogens is 1. The van der Waals surface area contributed by atoms with Crippen LogP contribution < -0.4 is 14.8 Å². The molecule has 1 atom stereocenters. The Bertz CT molecular complexity index is 1050. The van der Waals surface area contributed by atoms with Gasteiger partial charge in [-0.1, -0.05) is 23.7 Å². The largest absolute Gasteiger partial charge is 0.486 e. The highest BCUT2D eigenvalue weighted by Crippen LogP contribution is 2.32. The van der Waals surface area contributed by atoms with E-state index < -0.39 is 40.0 Å². The third-order valence-corrected chi connectivity index (χ3v) is 6.30. The normalized spacial score (nSPS) is 13.9. The van der Waals surface area contributed by atoms with Crippen LogP contribution in [-0.4, -0.2) is 45.4 Å². The number of amides is 1. The van der Waals surface area contributed by atoms with E-state index in [1.165, 1.54) is 25.1 Å². The molecule has 0 saturated heterocycles. The molecule has 1 unspecified atom stereocenters. The Labute approximate surface area is 179 Å². The van der Waals surface area contributed by atoms with Crippen molar-refractivity contribution in [2.75, 3.05) is 24.3 Å².